The first-order valence-corrected chi connectivity index (χ1v) is 6.23. The number of nitrogens with one attached hydrogen (secondary N) is 2. The number of carbonyl (C=O) groups is 1. The van der Waals surface area contributed by atoms with E-state index in [0.717, 1.165) is 6.42 Å². The van der Waals surface area contributed by atoms with E-state index in [4.69, 9.17) is 0 Å². The Kier molecular flexibility index (Phi) is 3.36. The van der Waals surface area contributed by atoms with Crippen molar-refractivity contribution in [1.82, 2.24) is 10.6 Å². The van der Waals surface area contributed by atoms with E-state index in [1.807, 2.05) is 6.92 Å². The second kappa shape index (κ2) is 4.78. The molecule has 2 N–H and O–H groups in total. The second-order valence-electron chi connectivity index (χ2n) is 4.80. The van der Waals surface area contributed by atoms with Crippen molar-refractivity contribution in [3.05, 3.63) is 34.9 Å². The van der Waals surface area contributed by atoms with E-state index in [2.05, 4.69) is 42.7 Å². The Morgan fingerprint density at radius 2 is 2.12 bits per heavy atom. The van der Waals surface area contributed by atoms with Crippen LogP contribution in [0.25, 0.3) is 0 Å². The van der Waals surface area contributed by atoms with Gasteiger partial charge in [0.1, 0.15) is 0 Å². The van der Waals surface area contributed by atoms with Crippen LogP contribution in [0.1, 0.15) is 36.0 Å². The van der Waals surface area contributed by atoms with Crippen molar-refractivity contribution in [2.45, 2.75) is 39.2 Å². The first-order valence-electron chi connectivity index (χ1n) is 6.23. The average Bonchev–Trinajstić information content (AvgIpc) is 3.01. The predicted octanol–water partition coefficient (Wildman–Crippen LogP) is 2.48. The minimum Gasteiger partial charge on any atom is -0.338 e. The number of carbonyl (C=O) groups excluding carboxylic acids is 1. The highest BCUT2D eigenvalue weighted by Crippen LogP contribution is 2.41. The minimum atomic E-state index is -0.0520. The molecule has 1 aliphatic carbocycles. The number of amides is 2. The van der Waals surface area contributed by atoms with Crippen molar-refractivity contribution < 1.29 is 4.79 Å². The van der Waals surface area contributed by atoms with E-state index in [0.29, 0.717) is 18.5 Å². The fraction of sp³-hybridized carbons (Fsp3) is 0.500. The lowest BCUT2D eigenvalue weighted by molar-refractivity contribution is 0.241. The van der Waals surface area contributed by atoms with Gasteiger partial charge in [0.15, 0.2) is 0 Å². The fourth-order valence-corrected chi connectivity index (χ4v) is 2.10. The van der Waals surface area contributed by atoms with E-state index in [1.54, 1.807) is 0 Å². The van der Waals surface area contributed by atoms with Gasteiger partial charge < -0.3 is 10.6 Å². The monoisotopic (exact) mass is 232 g/mol. The summed E-state index contributed by atoms with van der Waals surface area (Å²) in [6.07, 6.45) is 1.06. The smallest absolute Gasteiger partial charge is 0.315 e. The Labute approximate surface area is 103 Å². The zero-order valence-corrected chi connectivity index (χ0v) is 10.7. The summed E-state index contributed by atoms with van der Waals surface area (Å²) in [6.45, 7) is 6.85. The fourth-order valence-electron chi connectivity index (χ4n) is 2.10. The number of urea groups is 1. The third-order valence-electron chi connectivity index (χ3n) is 3.40. The van der Waals surface area contributed by atoms with Crippen LogP contribution in [-0.2, 0) is 0 Å². The largest absolute Gasteiger partial charge is 0.338 e. The van der Waals surface area contributed by atoms with Crippen molar-refractivity contribution in [2.24, 2.45) is 0 Å². The minimum absolute atomic E-state index is 0.0520. The lowest BCUT2D eigenvalue weighted by Crippen LogP contribution is -2.37. The van der Waals surface area contributed by atoms with Crippen LogP contribution in [0, 0.1) is 13.8 Å². The molecule has 1 aromatic rings. The summed E-state index contributed by atoms with van der Waals surface area (Å²) < 4.78 is 0. The van der Waals surface area contributed by atoms with Gasteiger partial charge in [-0.25, -0.2) is 4.79 Å². The maximum absolute atomic E-state index is 11.4. The molecule has 2 rings (SSSR count). The van der Waals surface area contributed by atoms with Gasteiger partial charge in [-0.15, -0.1) is 0 Å². The van der Waals surface area contributed by atoms with Crippen LogP contribution in [0.2, 0.25) is 0 Å². The molecule has 1 aromatic carbocycles. The van der Waals surface area contributed by atoms with E-state index in [-0.39, 0.29) is 6.03 Å². The summed E-state index contributed by atoms with van der Waals surface area (Å²) >= 11 is 0. The lowest BCUT2D eigenvalue weighted by Gasteiger charge is -2.07. The number of hydrogen-bond donors (Lipinski definition) is 2. The lowest BCUT2D eigenvalue weighted by atomic mass is 10.0. The first kappa shape index (κ1) is 12.0. The van der Waals surface area contributed by atoms with Crippen LogP contribution < -0.4 is 10.6 Å². The molecule has 0 unspecified atom stereocenters. The van der Waals surface area contributed by atoms with Gasteiger partial charge in [0.2, 0.25) is 0 Å². The van der Waals surface area contributed by atoms with Gasteiger partial charge in [-0.2, -0.15) is 0 Å². The maximum atomic E-state index is 11.4. The number of rotatable bonds is 3. The third kappa shape index (κ3) is 2.78. The van der Waals surface area contributed by atoms with Crippen molar-refractivity contribution >= 4 is 6.03 Å². The summed E-state index contributed by atoms with van der Waals surface area (Å²) in [5, 5.41) is 5.75. The molecule has 0 radical (unpaired) electrons. The molecule has 1 saturated carbocycles. The van der Waals surface area contributed by atoms with Gasteiger partial charge in [-0.05, 0) is 43.9 Å². The molecule has 3 nitrogen and oxygen atoms in total. The van der Waals surface area contributed by atoms with Gasteiger partial charge in [-0.1, -0.05) is 18.2 Å². The third-order valence-corrected chi connectivity index (χ3v) is 3.40. The average molecular weight is 232 g/mol. The molecule has 0 saturated heterocycles. The molecule has 3 heteroatoms. The normalized spacial score (nSPS) is 22.1. The molecule has 1 fully saturated rings. The number of benzene rings is 1. The SMILES string of the molecule is CCNC(=O)N[C@@H]1C[C@H]1c1ccc(C)c(C)c1. The molecular formula is C14H20N2O. The van der Waals surface area contributed by atoms with Crippen LogP contribution >= 0.6 is 0 Å². The molecule has 0 spiro atoms. The highest BCUT2D eigenvalue weighted by atomic mass is 16.2. The van der Waals surface area contributed by atoms with Crippen LogP contribution in [0.15, 0.2) is 18.2 Å². The molecular weight excluding hydrogens is 212 g/mol. The molecule has 92 valence electrons. The molecule has 0 bridgehead atoms. The van der Waals surface area contributed by atoms with Crippen LogP contribution in [0.3, 0.4) is 0 Å². The Balaban J connectivity index is 1.93. The summed E-state index contributed by atoms with van der Waals surface area (Å²) in [4.78, 5) is 11.4. The molecule has 17 heavy (non-hydrogen) atoms. The Bertz CT molecular complexity index is 428. The summed E-state index contributed by atoms with van der Waals surface area (Å²) in [6, 6.07) is 6.82. The number of aryl methyl sites for hydroxylation is 2. The van der Waals surface area contributed by atoms with Gasteiger partial charge in [0.05, 0.1) is 0 Å². The second-order valence-corrected chi connectivity index (χ2v) is 4.80. The van der Waals surface area contributed by atoms with Gasteiger partial charge in [-0.3, -0.25) is 0 Å². The van der Waals surface area contributed by atoms with E-state index in [1.165, 1.54) is 16.7 Å². The summed E-state index contributed by atoms with van der Waals surface area (Å²) in [7, 11) is 0. The summed E-state index contributed by atoms with van der Waals surface area (Å²) in [5.41, 5.74) is 3.99. The van der Waals surface area contributed by atoms with Crippen LogP contribution in [0.4, 0.5) is 4.79 Å². The van der Waals surface area contributed by atoms with E-state index in [9.17, 15) is 4.79 Å². The van der Waals surface area contributed by atoms with Crippen molar-refractivity contribution in [3.8, 4) is 0 Å². The summed E-state index contributed by atoms with van der Waals surface area (Å²) in [5.74, 6) is 0.497. The van der Waals surface area contributed by atoms with Crippen LogP contribution in [-0.4, -0.2) is 18.6 Å². The highest BCUT2D eigenvalue weighted by Gasteiger charge is 2.39. The maximum Gasteiger partial charge on any atom is 0.315 e. The molecule has 2 amide bonds. The standard InChI is InChI=1S/C14H20N2O/c1-4-15-14(17)16-13-8-12(13)11-6-5-9(2)10(3)7-11/h5-7,12-13H,4,8H2,1-3H3,(H2,15,16,17)/t12-,13+/m0/s1. The van der Waals surface area contributed by atoms with E-state index < -0.39 is 0 Å². The Hall–Kier alpha value is -1.51. The van der Waals surface area contributed by atoms with Crippen molar-refractivity contribution in [3.63, 3.8) is 0 Å². The topological polar surface area (TPSA) is 41.1 Å². The van der Waals surface area contributed by atoms with E-state index >= 15 is 0 Å². The van der Waals surface area contributed by atoms with Gasteiger partial charge in [0.25, 0.3) is 0 Å². The molecule has 1 aliphatic rings. The molecule has 0 heterocycles. The van der Waals surface area contributed by atoms with Crippen molar-refractivity contribution in [1.29, 1.82) is 0 Å². The molecule has 2 atom stereocenters. The highest BCUT2D eigenvalue weighted by molar-refractivity contribution is 5.74. The number of hydrogen-bond acceptors (Lipinski definition) is 1. The van der Waals surface area contributed by atoms with Crippen molar-refractivity contribution in [2.75, 3.05) is 6.54 Å². The molecule has 0 aromatic heterocycles. The first-order chi connectivity index (χ1) is 8.11. The quantitative estimate of drug-likeness (QED) is 0.826. The Morgan fingerprint density at radius 1 is 1.35 bits per heavy atom. The predicted molar refractivity (Wildman–Crippen MR) is 69.3 cm³/mol. The van der Waals surface area contributed by atoms with Gasteiger partial charge >= 0.3 is 6.03 Å². The Morgan fingerprint density at radius 3 is 2.76 bits per heavy atom. The zero-order valence-electron chi connectivity index (χ0n) is 10.7. The van der Waals surface area contributed by atoms with Crippen LogP contribution in [0.5, 0.6) is 0 Å². The molecule has 0 aliphatic heterocycles. The zero-order chi connectivity index (χ0) is 12.4. The van der Waals surface area contributed by atoms with Gasteiger partial charge in [0, 0.05) is 18.5 Å².